The molecule has 1 rings (SSSR count). The van der Waals surface area contributed by atoms with Crippen LogP contribution in [-0.4, -0.2) is 15.9 Å². The average Bonchev–Trinajstić information content (AvgIpc) is 2.23. The van der Waals surface area contributed by atoms with E-state index < -0.39 is 0 Å². The van der Waals surface area contributed by atoms with Crippen LogP contribution in [0.2, 0.25) is 0 Å². The van der Waals surface area contributed by atoms with Crippen LogP contribution in [0.1, 0.15) is 32.6 Å². The molecule has 0 atom stereocenters. The van der Waals surface area contributed by atoms with Gasteiger partial charge in [0, 0.05) is 6.42 Å². The smallest absolute Gasteiger partial charge is 0.225 e. The van der Waals surface area contributed by atoms with Crippen LogP contribution < -0.4 is 5.32 Å². The summed E-state index contributed by atoms with van der Waals surface area (Å²) >= 11 is 6.44. The van der Waals surface area contributed by atoms with Crippen molar-refractivity contribution in [1.82, 2.24) is 9.97 Å². The van der Waals surface area contributed by atoms with Crippen molar-refractivity contribution in [2.45, 2.75) is 32.6 Å². The van der Waals surface area contributed by atoms with Crippen molar-refractivity contribution in [1.29, 1.82) is 0 Å². The van der Waals surface area contributed by atoms with E-state index in [9.17, 15) is 4.79 Å². The number of carbonyl (C=O) groups excluding carboxylic acids is 1. The molecule has 0 aliphatic heterocycles. The van der Waals surface area contributed by atoms with Gasteiger partial charge in [-0.15, -0.1) is 0 Å². The highest BCUT2D eigenvalue weighted by molar-refractivity contribution is 9.11. The van der Waals surface area contributed by atoms with E-state index in [4.69, 9.17) is 0 Å². The summed E-state index contributed by atoms with van der Waals surface area (Å²) in [6.45, 7) is 2.11. The van der Waals surface area contributed by atoms with Crippen molar-refractivity contribution in [3.8, 4) is 0 Å². The minimum Gasteiger partial charge on any atom is -0.308 e. The van der Waals surface area contributed by atoms with Crippen LogP contribution in [-0.2, 0) is 4.79 Å². The van der Waals surface area contributed by atoms with E-state index in [-0.39, 0.29) is 5.91 Å². The Balaban J connectivity index is 2.49. The number of amides is 1. The first kappa shape index (κ1) is 13.6. The molecule has 0 unspecified atom stereocenters. The lowest BCUT2D eigenvalue weighted by Gasteiger charge is -2.05. The number of hydrogen-bond donors (Lipinski definition) is 1. The van der Waals surface area contributed by atoms with Gasteiger partial charge < -0.3 is 5.32 Å². The monoisotopic (exact) mass is 349 g/mol. The third kappa shape index (κ3) is 4.57. The molecule has 0 aliphatic carbocycles. The van der Waals surface area contributed by atoms with Crippen LogP contribution in [0.25, 0.3) is 0 Å². The third-order valence-corrected chi connectivity index (χ3v) is 2.90. The highest BCUT2D eigenvalue weighted by atomic mass is 79.9. The fourth-order valence-corrected chi connectivity index (χ4v) is 2.07. The first-order chi connectivity index (χ1) is 7.63. The number of rotatable bonds is 5. The Morgan fingerprint density at radius 1 is 1.44 bits per heavy atom. The molecular weight excluding hydrogens is 338 g/mol. The Morgan fingerprint density at radius 2 is 2.19 bits per heavy atom. The number of anilines is 1. The first-order valence-electron chi connectivity index (χ1n) is 5.11. The van der Waals surface area contributed by atoms with Crippen molar-refractivity contribution < 1.29 is 4.79 Å². The quantitative estimate of drug-likeness (QED) is 0.826. The molecule has 0 spiro atoms. The molecule has 88 valence electrons. The SMILES string of the molecule is CCCCCC(=O)Nc1ncc(Br)nc1Br. The summed E-state index contributed by atoms with van der Waals surface area (Å²) in [7, 11) is 0. The second-order valence-corrected chi connectivity index (χ2v) is 4.90. The number of aromatic nitrogens is 2. The van der Waals surface area contributed by atoms with Gasteiger partial charge in [-0.05, 0) is 38.3 Å². The van der Waals surface area contributed by atoms with Gasteiger partial charge in [0.15, 0.2) is 5.82 Å². The van der Waals surface area contributed by atoms with Gasteiger partial charge in [-0.3, -0.25) is 4.79 Å². The highest BCUT2D eigenvalue weighted by Gasteiger charge is 2.07. The Kier molecular flexibility index (Phi) is 5.90. The normalized spacial score (nSPS) is 10.2. The summed E-state index contributed by atoms with van der Waals surface area (Å²) in [6.07, 6.45) is 5.16. The van der Waals surface area contributed by atoms with Gasteiger partial charge in [-0.1, -0.05) is 19.8 Å². The van der Waals surface area contributed by atoms with E-state index in [0.29, 0.717) is 21.4 Å². The average molecular weight is 351 g/mol. The second-order valence-electron chi connectivity index (χ2n) is 3.34. The van der Waals surface area contributed by atoms with E-state index in [1.165, 1.54) is 0 Å². The van der Waals surface area contributed by atoms with Crippen LogP contribution in [0, 0.1) is 0 Å². The standard InChI is InChI=1S/C10H13Br2N3O/c1-2-3-4-5-8(16)15-10-9(12)14-7(11)6-13-10/h6H,2-5H2,1H3,(H,13,15,16). The molecular formula is C10H13Br2N3O. The molecule has 1 aromatic heterocycles. The molecule has 0 fully saturated rings. The highest BCUT2D eigenvalue weighted by Crippen LogP contribution is 2.19. The molecule has 0 saturated carbocycles. The van der Waals surface area contributed by atoms with Crippen LogP contribution >= 0.6 is 31.9 Å². The van der Waals surface area contributed by atoms with Crippen LogP contribution in [0.5, 0.6) is 0 Å². The summed E-state index contributed by atoms with van der Waals surface area (Å²) in [5, 5.41) is 2.72. The molecule has 16 heavy (non-hydrogen) atoms. The maximum Gasteiger partial charge on any atom is 0.225 e. The summed E-state index contributed by atoms with van der Waals surface area (Å²) in [4.78, 5) is 19.7. The summed E-state index contributed by atoms with van der Waals surface area (Å²) in [5.41, 5.74) is 0. The zero-order valence-electron chi connectivity index (χ0n) is 8.96. The molecule has 4 nitrogen and oxygen atoms in total. The molecule has 0 aliphatic rings. The summed E-state index contributed by atoms with van der Waals surface area (Å²) in [5.74, 6) is 0.440. The zero-order valence-corrected chi connectivity index (χ0v) is 12.1. The predicted molar refractivity (Wildman–Crippen MR) is 70.2 cm³/mol. The summed E-state index contributed by atoms with van der Waals surface area (Å²) < 4.78 is 1.16. The van der Waals surface area contributed by atoms with Crippen LogP contribution in [0.3, 0.4) is 0 Å². The van der Waals surface area contributed by atoms with Crippen molar-refractivity contribution >= 4 is 43.6 Å². The fraction of sp³-hybridized carbons (Fsp3) is 0.500. The lowest BCUT2D eigenvalue weighted by Crippen LogP contribution is -2.13. The van der Waals surface area contributed by atoms with Crippen molar-refractivity contribution in [3.05, 3.63) is 15.4 Å². The lowest BCUT2D eigenvalue weighted by molar-refractivity contribution is -0.116. The zero-order chi connectivity index (χ0) is 12.0. The second kappa shape index (κ2) is 6.96. The van der Waals surface area contributed by atoms with Gasteiger partial charge in [0.05, 0.1) is 6.20 Å². The number of nitrogens with zero attached hydrogens (tertiary/aromatic N) is 2. The molecule has 0 bridgehead atoms. The van der Waals surface area contributed by atoms with E-state index in [2.05, 4.69) is 54.1 Å². The minimum absolute atomic E-state index is 0.0224. The number of halogens is 2. The Morgan fingerprint density at radius 3 is 2.81 bits per heavy atom. The Labute approximate surface area is 112 Å². The van der Waals surface area contributed by atoms with E-state index >= 15 is 0 Å². The largest absolute Gasteiger partial charge is 0.308 e. The molecule has 0 radical (unpaired) electrons. The molecule has 6 heteroatoms. The Bertz CT molecular complexity index is 371. The van der Waals surface area contributed by atoms with Crippen LogP contribution in [0.4, 0.5) is 5.82 Å². The molecule has 1 heterocycles. The topological polar surface area (TPSA) is 54.9 Å². The van der Waals surface area contributed by atoms with Gasteiger partial charge in [-0.2, -0.15) is 0 Å². The van der Waals surface area contributed by atoms with Gasteiger partial charge in [0.1, 0.15) is 9.21 Å². The maximum absolute atomic E-state index is 11.5. The third-order valence-electron chi connectivity index (χ3n) is 1.97. The van der Waals surface area contributed by atoms with Gasteiger partial charge in [-0.25, -0.2) is 9.97 Å². The lowest BCUT2D eigenvalue weighted by atomic mass is 10.2. The van der Waals surface area contributed by atoms with Gasteiger partial charge in [0.2, 0.25) is 5.91 Å². The molecule has 1 N–H and O–H groups in total. The predicted octanol–water partition coefficient (Wildman–Crippen LogP) is 3.52. The summed E-state index contributed by atoms with van der Waals surface area (Å²) in [6, 6.07) is 0. The molecule has 0 saturated heterocycles. The fourth-order valence-electron chi connectivity index (χ4n) is 1.16. The van der Waals surface area contributed by atoms with Crippen molar-refractivity contribution in [2.75, 3.05) is 5.32 Å². The van der Waals surface area contributed by atoms with E-state index in [1.54, 1.807) is 6.20 Å². The minimum atomic E-state index is -0.0224. The molecule has 0 aromatic carbocycles. The number of carbonyl (C=O) groups is 1. The van der Waals surface area contributed by atoms with Crippen LogP contribution in [0.15, 0.2) is 15.4 Å². The van der Waals surface area contributed by atoms with E-state index in [1.807, 2.05) is 0 Å². The molecule has 1 aromatic rings. The number of unbranched alkanes of at least 4 members (excludes halogenated alkanes) is 2. The number of hydrogen-bond acceptors (Lipinski definition) is 3. The maximum atomic E-state index is 11.5. The first-order valence-corrected chi connectivity index (χ1v) is 6.70. The Hall–Kier alpha value is -0.490. The van der Waals surface area contributed by atoms with E-state index in [0.717, 1.165) is 19.3 Å². The number of nitrogens with one attached hydrogen (secondary N) is 1. The molecule has 1 amide bonds. The van der Waals surface area contributed by atoms with Crippen molar-refractivity contribution in [3.63, 3.8) is 0 Å². The van der Waals surface area contributed by atoms with Crippen molar-refractivity contribution in [2.24, 2.45) is 0 Å². The van der Waals surface area contributed by atoms with Gasteiger partial charge in [0.25, 0.3) is 0 Å². The van der Waals surface area contributed by atoms with Gasteiger partial charge >= 0.3 is 0 Å².